The number of rotatable bonds is 10. The lowest BCUT2D eigenvalue weighted by Gasteiger charge is -2.19. The molecule has 0 aliphatic carbocycles. The average Bonchev–Trinajstić information content (AvgIpc) is 2.73. The monoisotopic (exact) mass is 443 g/mol. The van der Waals surface area contributed by atoms with Gasteiger partial charge in [-0.2, -0.15) is 0 Å². The Labute approximate surface area is 186 Å². The molecule has 1 heterocycles. The van der Waals surface area contributed by atoms with Crippen LogP contribution in [0.15, 0.2) is 48.7 Å². The number of para-hydroxylation sites is 1. The van der Waals surface area contributed by atoms with Gasteiger partial charge in [0.15, 0.2) is 6.10 Å². The van der Waals surface area contributed by atoms with Gasteiger partial charge in [0, 0.05) is 19.2 Å². The molecule has 0 bridgehead atoms. The molecule has 0 aliphatic heterocycles. The highest BCUT2D eigenvalue weighted by Gasteiger charge is 2.21. The first-order chi connectivity index (χ1) is 14.9. The first kappa shape index (κ1) is 22.8. The van der Waals surface area contributed by atoms with Gasteiger partial charge in [0.1, 0.15) is 18.1 Å². The van der Waals surface area contributed by atoms with E-state index in [2.05, 4.69) is 4.98 Å². The summed E-state index contributed by atoms with van der Waals surface area (Å²) in [6.07, 6.45) is 0.932. The van der Waals surface area contributed by atoms with E-state index in [1.165, 1.54) is 0 Å². The molecule has 1 aromatic heterocycles. The molecule has 0 saturated heterocycles. The van der Waals surface area contributed by atoms with Crippen LogP contribution in [-0.2, 0) is 22.6 Å². The normalized spacial score (nSPS) is 12.2. The number of halogens is 1. The maximum absolute atomic E-state index is 11.5. The Morgan fingerprint density at radius 2 is 1.90 bits per heavy atom. The molecule has 0 radical (unpaired) electrons. The van der Waals surface area contributed by atoms with Crippen LogP contribution < -0.4 is 9.47 Å². The van der Waals surface area contributed by atoms with E-state index in [1.807, 2.05) is 50.2 Å². The van der Waals surface area contributed by atoms with E-state index in [4.69, 9.17) is 25.8 Å². The van der Waals surface area contributed by atoms with Crippen molar-refractivity contribution in [3.8, 4) is 11.5 Å². The number of benzene rings is 2. The first-order valence-corrected chi connectivity index (χ1v) is 10.6. The molecule has 164 valence electrons. The second kappa shape index (κ2) is 10.5. The summed E-state index contributed by atoms with van der Waals surface area (Å²) in [6.45, 7) is 6.18. The van der Waals surface area contributed by atoms with Crippen LogP contribution in [-0.4, -0.2) is 34.9 Å². The zero-order valence-electron chi connectivity index (χ0n) is 17.8. The molecule has 31 heavy (non-hydrogen) atoms. The Morgan fingerprint density at radius 3 is 2.61 bits per heavy atom. The Kier molecular flexibility index (Phi) is 7.71. The van der Waals surface area contributed by atoms with E-state index in [1.54, 1.807) is 19.2 Å². The fourth-order valence-corrected chi connectivity index (χ4v) is 3.53. The Balaban J connectivity index is 1.90. The molecule has 2 aromatic carbocycles. The van der Waals surface area contributed by atoms with Gasteiger partial charge in [0.2, 0.25) is 0 Å². The highest BCUT2D eigenvalue weighted by molar-refractivity contribution is 6.36. The fourth-order valence-electron chi connectivity index (χ4n) is 3.27. The summed E-state index contributed by atoms with van der Waals surface area (Å²) in [6, 6.07) is 12.9. The summed E-state index contributed by atoms with van der Waals surface area (Å²) in [5, 5.41) is 10.7. The van der Waals surface area contributed by atoms with Crippen molar-refractivity contribution in [2.75, 3.05) is 6.61 Å². The maximum Gasteiger partial charge on any atom is 0.333 e. The third kappa shape index (κ3) is 5.66. The Morgan fingerprint density at radius 1 is 1.13 bits per heavy atom. The number of pyridine rings is 1. The van der Waals surface area contributed by atoms with Gasteiger partial charge in [-0.3, -0.25) is 4.98 Å². The Hall–Kier alpha value is -2.83. The van der Waals surface area contributed by atoms with Crippen LogP contribution in [0.3, 0.4) is 0 Å². The molecule has 3 rings (SSSR count). The largest absolute Gasteiger partial charge is 0.490 e. The summed E-state index contributed by atoms with van der Waals surface area (Å²) in [7, 11) is 0. The van der Waals surface area contributed by atoms with Crippen LogP contribution in [0.1, 0.15) is 31.9 Å². The van der Waals surface area contributed by atoms with Crippen molar-refractivity contribution < 1.29 is 24.1 Å². The van der Waals surface area contributed by atoms with E-state index in [0.29, 0.717) is 23.1 Å². The van der Waals surface area contributed by atoms with E-state index in [9.17, 15) is 9.90 Å². The highest BCUT2D eigenvalue weighted by atomic mass is 35.5. The van der Waals surface area contributed by atoms with Crippen LogP contribution in [0.2, 0.25) is 5.02 Å². The lowest BCUT2D eigenvalue weighted by atomic mass is 10.1. The van der Waals surface area contributed by atoms with Crippen LogP contribution in [0.4, 0.5) is 0 Å². The third-order valence-electron chi connectivity index (χ3n) is 4.63. The number of fused-ring (bicyclic) bond motifs is 1. The summed E-state index contributed by atoms with van der Waals surface area (Å²) in [5.41, 5.74) is 2.25. The number of carboxylic acid groups (broad SMARTS) is 1. The molecule has 0 saturated carbocycles. The SMILES string of the molecule is CCOC(Cc1ccccc1OCc1cnc2cccc(Cl)c2c1OC(C)C)C(=O)O. The number of aliphatic carboxylic acids is 1. The van der Waals surface area contributed by atoms with Crippen LogP contribution >= 0.6 is 11.6 Å². The lowest BCUT2D eigenvalue weighted by Crippen LogP contribution is -2.26. The number of hydrogen-bond donors (Lipinski definition) is 1. The summed E-state index contributed by atoms with van der Waals surface area (Å²) in [4.78, 5) is 16.0. The highest BCUT2D eigenvalue weighted by Crippen LogP contribution is 2.35. The van der Waals surface area contributed by atoms with Crippen LogP contribution in [0, 0.1) is 0 Å². The van der Waals surface area contributed by atoms with Crippen molar-refractivity contribution in [3.63, 3.8) is 0 Å². The molecule has 1 unspecified atom stereocenters. The number of aromatic nitrogens is 1. The van der Waals surface area contributed by atoms with Crippen molar-refractivity contribution in [3.05, 3.63) is 64.8 Å². The molecular weight excluding hydrogens is 418 g/mol. The van der Waals surface area contributed by atoms with Crippen molar-refractivity contribution in [2.24, 2.45) is 0 Å². The summed E-state index contributed by atoms with van der Waals surface area (Å²) in [5.74, 6) is 0.224. The molecule has 0 amide bonds. The van der Waals surface area contributed by atoms with Gasteiger partial charge in [-0.15, -0.1) is 0 Å². The van der Waals surface area contributed by atoms with Gasteiger partial charge in [-0.05, 0) is 44.5 Å². The minimum atomic E-state index is -1.00. The maximum atomic E-state index is 11.5. The standard InChI is InChI=1S/C24H26ClNO5/c1-4-29-21(24(27)28)12-16-8-5-6-11-20(16)30-14-17-13-26-19-10-7-9-18(25)22(19)23(17)31-15(2)3/h5-11,13,15,21H,4,12,14H2,1-3H3,(H,27,28). The molecular formula is C24H26ClNO5. The third-order valence-corrected chi connectivity index (χ3v) is 4.94. The summed E-state index contributed by atoms with van der Waals surface area (Å²) < 4.78 is 17.5. The zero-order chi connectivity index (χ0) is 22.4. The predicted octanol–water partition coefficient (Wildman–Crippen LogP) is 5.29. The average molecular weight is 444 g/mol. The van der Waals surface area contributed by atoms with E-state index < -0.39 is 12.1 Å². The van der Waals surface area contributed by atoms with Crippen LogP contribution in [0.25, 0.3) is 10.9 Å². The Bertz CT molecular complexity index is 1050. The summed E-state index contributed by atoms with van der Waals surface area (Å²) >= 11 is 6.45. The van der Waals surface area contributed by atoms with Crippen molar-refractivity contribution in [1.29, 1.82) is 0 Å². The minimum absolute atomic E-state index is 0.0598. The number of carboxylic acids is 1. The number of ether oxygens (including phenoxy) is 3. The van der Waals surface area contributed by atoms with Crippen molar-refractivity contribution in [2.45, 2.75) is 46.0 Å². The molecule has 7 heteroatoms. The van der Waals surface area contributed by atoms with Gasteiger partial charge in [0.25, 0.3) is 0 Å². The molecule has 6 nitrogen and oxygen atoms in total. The van der Waals surface area contributed by atoms with E-state index in [0.717, 1.165) is 22.0 Å². The molecule has 1 atom stereocenters. The van der Waals surface area contributed by atoms with Crippen molar-refractivity contribution >= 4 is 28.5 Å². The van der Waals surface area contributed by atoms with Gasteiger partial charge in [-0.1, -0.05) is 35.9 Å². The van der Waals surface area contributed by atoms with E-state index in [-0.39, 0.29) is 19.1 Å². The molecule has 0 spiro atoms. The molecule has 0 aliphatic rings. The fraction of sp³-hybridized carbons (Fsp3) is 0.333. The number of carbonyl (C=O) groups is 1. The topological polar surface area (TPSA) is 77.9 Å². The van der Waals surface area contributed by atoms with Gasteiger partial charge in [-0.25, -0.2) is 4.79 Å². The second-order valence-corrected chi connectivity index (χ2v) is 7.70. The quantitative estimate of drug-likeness (QED) is 0.459. The first-order valence-electron chi connectivity index (χ1n) is 10.2. The number of hydrogen-bond acceptors (Lipinski definition) is 5. The van der Waals surface area contributed by atoms with Crippen molar-refractivity contribution in [1.82, 2.24) is 4.98 Å². The zero-order valence-corrected chi connectivity index (χ0v) is 18.6. The smallest absolute Gasteiger partial charge is 0.333 e. The van der Waals surface area contributed by atoms with Gasteiger partial charge < -0.3 is 19.3 Å². The lowest BCUT2D eigenvalue weighted by molar-refractivity contribution is -0.149. The molecule has 0 fully saturated rings. The molecule has 1 N–H and O–H groups in total. The second-order valence-electron chi connectivity index (χ2n) is 7.30. The molecule has 3 aromatic rings. The van der Waals surface area contributed by atoms with Gasteiger partial charge >= 0.3 is 5.97 Å². The predicted molar refractivity (Wildman–Crippen MR) is 120 cm³/mol. The number of nitrogens with zero attached hydrogens (tertiary/aromatic N) is 1. The van der Waals surface area contributed by atoms with E-state index >= 15 is 0 Å². The van der Waals surface area contributed by atoms with Crippen LogP contribution in [0.5, 0.6) is 11.5 Å². The van der Waals surface area contributed by atoms with Gasteiger partial charge in [0.05, 0.1) is 27.6 Å². The minimum Gasteiger partial charge on any atom is -0.490 e.